The summed E-state index contributed by atoms with van der Waals surface area (Å²) in [6.45, 7) is 8.27. The summed E-state index contributed by atoms with van der Waals surface area (Å²) in [4.78, 5) is 39.3. The number of carbonyl (C=O) groups excluding carboxylic acids is 3. The number of carbonyl (C=O) groups is 3. The van der Waals surface area contributed by atoms with Crippen LogP contribution in [0.15, 0.2) is 10.6 Å². The fraction of sp³-hybridized carbons (Fsp3) is 0.412. The highest BCUT2D eigenvalue weighted by Crippen LogP contribution is 2.20. The quantitative estimate of drug-likeness (QED) is 0.755. The maximum Gasteiger partial charge on any atom is 0.355 e. The van der Waals surface area contributed by atoms with Crippen LogP contribution >= 0.6 is 0 Å². The third kappa shape index (κ3) is 4.11. The van der Waals surface area contributed by atoms with E-state index in [-0.39, 0.29) is 23.7 Å². The lowest BCUT2D eigenvalue weighted by Gasteiger charge is -2.12. The number of H-pyrrole nitrogens is 1. The van der Waals surface area contributed by atoms with Gasteiger partial charge in [0.25, 0.3) is 5.91 Å². The Hall–Kier alpha value is -3.10. The van der Waals surface area contributed by atoms with Crippen molar-refractivity contribution in [2.24, 2.45) is 0 Å². The minimum Gasteiger partial charge on any atom is -0.461 e. The second-order valence-corrected chi connectivity index (χ2v) is 5.71. The number of nitrogens with one attached hydrogen (secondary N) is 2. The molecule has 0 aliphatic rings. The maximum atomic E-state index is 12.4. The summed E-state index contributed by atoms with van der Waals surface area (Å²) in [5.74, 6) is -1.06. The van der Waals surface area contributed by atoms with Crippen LogP contribution in [0.1, 0.15) is 51.7 Å². The third-order valence-corrected chi connectivity index (χ3v) is 3.65. The van der Waals surface area contributed by atoms with Gasteiger partial charge in [0, 0.05) is 11.8 Å². The van der Waals surface area contributed by atoms with Gasteiger partial charge in [-0.2, -0.15) is 0 Å². The zero-order valence-corrected chi connectivity index (χ0v) is 15.3. The Morgan fingerprint density at radius 1 is 1.27 bits per heavy atom. The van der Waals surface area contributed by atoms with Crippen LogP contribution < -0.4 is 5.32 Å². The second-order valence-electron chi connectivity index (χ2n) is 5.71. The molecule has 1 amide bonds. The number of aromatic nitrogens is 2. The molecule has 2 aromatic rings. The van der Waals surface area contributed by atoms with Crippen LogP contribution in [0.4, 0.5) is 5.82 Å². The van der Waals surface area contributed by atoms with Crippen LogP contribution in [0.2, 0.25) is 0 Å². The standard InChI is InChI=1S/C17H21N3O6/c1-6-24-17(23)14-9(3)13(10(4)18-14)16(22)25-11(5)15(21)19-12-7-8(2)26-20-12/h7,11,18H,6H2,1-5H3,(H,19,20,21)/t11-/m0/s1. The Kier molecular flexibility index (Phi) is 5.81. The van der Waals surface area contributed by atoms with Gasteiger partial charge in [0.2, 0.25) is 0 Å². The molecule has 2 aromatic heterocycles. The highest BCUT2D eigenvalue weighted by Gasteiger charge is 2.27. The van der Waals surface area contributed by atoms with Crippen molar-refractivity contribution in [2.75, 3.05) is 11.9 Å². The van der Waals surface area contributed by atoms with E-state index in [0.717, 1.165) is 0 Å². The van der Waals surface area contributed by atoms with Crippen LogP contribution in [0.5, 0.6) is 0 Å². The van der Waals surface area contributed by atoms with E-state index >= 15 is 0 Å². The molecule has 0 bridgehead atoms. The first-order valence-corrected chi connectivity index (χ1v) is 8.06. The molecule has 2 heterocycles. The highest BCUT2D eigenvalue weighted by atomic mass is 16.5. The lowest BCUT2D eigenvalue weighted by Crippen LogP contribution is -2.30. The molecule has 2 rings (SSSR count). The van der Waals surface area contributed by atoms with Crippen molar-refractivity contribution in [1.29, 1.82) is 0 Å². The average Bonchev–Trinajstić information content (AvgIpc) is 3.10. The summed E-state index contributed by atoms with van der Waals surface area (Å²) in [6, 6.07) is 1.54. The first kappa shape index (κ1) is 19.2. The van der Waals surface area contributed by atoms with Gasteiger partial charge in [-0.25, -0.2) is 9.59 Å². The zero-order chi connectivity index (χ0) is 19.4. The first-order chi connectivity index (χ1) is 12.2. The van der Waals surface area contributed by atoms with E-state index in [2.05, 4.69) is 15.5 Å². The number of aromatic amines is 1. The van der Waals surface area contributed by atoms with Gasteiger partial charge in [-0.1, -0.05) is 5.16 Å². The van der Waals surface area contributed by atoms with E-state index in [1.165, 1.54) is 6.92 Å². The van der Waals surface area contributed by atoms with Crippen molar-refractivity contribution in [2.45, 2.75) is 40.7 Å². The Labute approximate surface area is 150 Å². The molecule has 0 spiro atoms. The van der Waals surface area contributed by atoms with E-state index in [1.54, 1.807) is 33.8 Å². The molecule has 0 saturated carbocycles. The van der Waals surface area contributed by atoms with Crippen molar-refractivity contribution in [3.63, 3.8) is 0 Å². The number of hydrogen-bond acceptors (Lipinski definition) is 7. The zero-order valence-electron chi connectivity index (χ0n) is 15.3. The predicted molar refractivity (Wildman–Crippen MR) is 91.0 cm³/mol. The van der Waals surface area contributed by atoms with E-state index in [9.17, 15) is 14.4 Å². The number of rotatable bonds is 6. The Bertz CT molecular complexity index is 836. The Balaban J connectivity index is 2.09. The van der Waals surface area contributed by atoms with Gasteiger partial charge in [-0.05, 0) is 40.2 Å². The number of aryl methyl sites for hydroxylation is 2. The Morgan fingerprint density at radius 2 is 1.96 bits per heavy atom. The molecule has 0 unspecified atom stereocenters. The van der Waals surface area contributed by atoms with Gasteiger partial charge in [-0.3, -0.25) is 4.79 Å². The molecular formula is C17H21N3O6. The van der Waals surface area contributed by atoms with Crippen molar-refractivity contribution in [3.05, 3.63) is 34.3 Å². The molecule has 9 heteroatoms. The third-order valence-electron chi connectivity index (χ3n) is 3.65. The van der Waals surface area contributed by atoms with E-state index < -0.39 is 23.9 Å². The summed E-state index contributed by atoms with van der Waals surface area (Å²) >= 11 is 0. The van der Waals surface area contributed by atoms with E-state index in [1.807, 2.05) is 0 Å². The highest BCUT2D eigenvalue weighted by molar-refractivity contribution is 6.00. The van der Waals surface area contributed by atoms with Gasteiger partial charge < -0.3 is 24.3 Å². The molecule has 0 radical (unpaired) electrons. The van der Waals surface area contributed by atoms with Crippen LogP contribution in [0.25, 0.3) is 0 Å². The first-order valence-electron chi connectivity index (χ1n) is 8.06. The number of amides is 1. The molecule has 2 N–H and O–H groups in total. The van der Waals surface area contributed by atoms with Gasteiger partial charge >= 0.3 is 11.9 Å². The molecule has 140 valence electrons. The summed E-state index contributed by atoms with van der Waals surface area (Å²) in [5.41, 5.74) is 1.25. The monoisotopic (exact) mass is 363 g/mol. The summed E-state index contributed by atoms with van der Waals surface area (Å²) in [6.07, 6.45) is -1.07. The van der Waals surface area contributed by atoms with Gasteiger partial charge in [0.1, 0.15) is 11.5 Å². The number of anilines is 1. The minimum atomic E-state index is -1.07. The van der Waals surface area contributed by atoms with Crippen molar-refractivity contribution < 1.29 is 28.4 Å². The molecular weight excluding hydrogens is 342 g/mol. The summed E-state index contributed by atoms with van der Waals surface area (Å²) in [5, 5.41) is 6.13. The number of hydrogen-bond donors (Lipinski definition) is 2. The summed E-state index contributed by atoms with van der Waals surface area (Å²) in [7, 11) is 0. The molecule has 26 heavy (non-hydrogen) atoms. The maximum absolute atomic E-state index is 12.4. The molecule has 0 fully saturated rings. The van der Waals surface area contributed by atoms with E-state index in [0.29, 0.717) is 17.0 Å². The van der Waals surface area contributed by atoms with Gasteiger partial charge in [0.05, 0.1) is 12.2 Å². The minimum absolute atomic E-state index is 0.187. The van der Waals surface area contributed by atoms with Gasteiger partial charge in [-0.15, -0.1) is 0 Å². The molecule has 0 aromatic carbocycles. The number of nitrogens with zero attached hydrogens (tertiary/aromatic N) is 1. The molecule has 0 aliphatic carbocycles. The second kappa shape index (κ2) is 7.85. The molecule has 1 atom stereocenters. The largest absolute Gasteiger partial charge is 0.461 e. The van der Waals surface area contributed by atoms with Crippen molar-refractivity contribution in [3.8, 4) is 0 Å². The van der Waals surface area contributed by atoms with Crippen molar-refractivity contribution in [1.82, 2.24) is 10.1 Å². The van der Waals surface area contributed by atoms with Crippen LogP contribution in [-0.4, -0.2) is 40.7 Å². The van der Waals surface area contributed by atoms with Gasteiger partial charge in [0.15, 0.2) is 11.9 Å². The predicted octanol–water partition coefficient (Wildman–Crippen LogP) is 2.29. The normalized spacial score (nSPS) is 11.7. The summed E-state index contributed by atoms with van der Waals surface area (Å²) < 4.78 is 15.0. The van der Waals surface area contributed by atoms with Crippen LogP contribution in [0.3, 0.4) is 0 Å². The van der Waals surface area contributed by atoms with Crippen LogP contribution in [-0.2, 0) is 14.3 Å². The number of ether oxygens (including phenoxy) is 2. The molecule has 0 saturated heterocycles. The SMILES string of the molecule is CCOC(=O)c1[nH]c(C)c(C(=O)O[C@@H](C)C(=O)Nc2cc(C)on2)c1C. The average molecular weight is 363 g/mol. The molecule has 9 nitrogen and oxygen atoms in total. The number of esters is 2. The topological polar surface area (TPSA) is 124 Å². The smallest absolute Gasteiger partial charge is 0.355 e. The Morgan fingerprint density at radius 3 is 2.54 bits per heavy atom. The fourth-order valence-corrected chi connectivity index (χ4v) is 2.39. The van der Waals surface area contributed by atoms with E-state index in [4.69, 9.17) is 14.0 Å². The molecule has 0 aliphatic heterocycles. The van der Waals surface area contributed by atoms with Crippen LogP contribution in [0, 0.1) is 20.8 Å². The lowest BCUT2D eigenvalue weighted by atomic mass is 10.1. The lowest BCUT2D eigenvalue weighted by molar-refractivity contribution is -0.123. The van der Waals surface area contributed by atoms with Crippen molar-refractivity contribution >= 4 is 23.7 Å². The fourth-order valence-electron chi connectivity index (χ4n) is 2.39.